The van der Waals surface area contributed by atoms with Crippen molar-refractivity contribution >= 4 is 51.4 Å². The first kappa shape index (κ1) is 21.3. The molecule has 0 bridgehead atoms. The summed E-state index contributed by atoms with van der Waals surface area (Å²) in [6.07, 6.45) is 0.515. The predicted molar refractivity (Wildman–Crippen MR) is 127 cm³/mol. The van der Waals surface area contributed by atoms with Crippen molar-refractivity contribution in [2.45, 2.75) is 12.3 Å². The zero-order valence-electron chi connectivity index (χ0n) is 16.7. The van der Waals surface area contributed by atoms with E-state index in [1.165, 1.54) is 5.01 Å². The molecule has 1 aliphatic rings. The molecule has 3 aromatic carbocycles. The second-order valence-electron chi connectivity index (χ2n) is 7.45. The minimum Gasteiger partial charge on any atom is -0.278 e. The van der Waals surface area contributed by atoms with Crippen molar-refractivity contribution in [2.75, 3.05) is 11.4 Å². The Morgan fingerprint density at radius 3 is 2.32 bits per heavy atom. The highest BCUT2D eigenvalue weighted by Crippen LogP contribution is 2.36. The van der Waals surface area contributed by atoms with Crippen LogP contribution in [0.3, 0.4) is 0 Å². The fourth-order valence-electron chi connectivity index (χ4n) is 3.71. The van der Waals surface area contributed by atoms with Crippen molar-refractivity contribution in [3.8, 4) is 0 Å². The average Bonchev–Trinajstić information content (AvgIpc) is 3.15. The van der Waals surface area contributed by atoms with Crippen molar-refractivity contribution in [3.63, 3.8) is 0 Å². The van der Waals surface area contributed by atoms with Gasteiger partial charge in [-0.1, -0.05) is 70.0 Å². The Bertz CT molecular complexity index is 1130. The second-order valence-corrected chi connectivity index (χ2v) is 8.80. The molecule has 0 aromatic heterocycles. The van der Waals surface area contributed by atoms with Gasteiger partial charge in [0, 0.05) is 9.50 Å². The molecule has 1 aliphatic heterocycles. The molecule has 1 heterocycles. The SMILES string of the molecule is CC1(c2ccccc2)CN(C(=O)N(C=O)c2ccc(Br)cc2)N=C1c1ccc(Cl)cc1. The third-order valence-corrected chi connectivity index (χ3v) is 6.16. The fourth-order valence-corrected chi connectivity index (χ4v) is 4.10. The van der Waals surface area contributed by atoms with E-state index >= 15 is 0 Å². The van der Waals surface area contributed by atoms with Crippen LogP contribution >= 0.6 is 27.5 Å². The van der Waals surface area contributed by atoms with Gasteiger partial charge in [0.1, 0.15) is 0 Å². The number of hydrazone groups is 1. The Balaban J connectivity index is 1.75. The van der Waals surface area contributed by atoms with Crippen LogP contribution in [0.15, 0.2) is 88.4 Å². The topological polar surface area (TPSA) is 53.0 Å². The number of anilines is 1. The van der Waals surface area contributed by atoms with Crippen molar-refractivity contribution < 1.29 is 9.59 Å². The molecule has 1 atom stereocenters. The van der Waals surface area contributed by atoms with Crippen molar-refractivity contribution in [1.82, 2.24) is 5.01 Å². The Morgan fingerprint density at radius 2 is 1.71 bits per heavy atom. The standard InChI is InChI=1S/C24H19BrClN3O2/c1-24(18-5-3-2-4-6-18)15-29(27-22(24)17-7-11-20(26)12-8-17)23(31)28(16-30)21-13-9-19(25)10-14-21/h2-14,16H,15H2,1H3. The summed E-state index contributed by atoms with van der Waals surface area (Å²) in [4.78, 5) is 26.2. The Hall–Kier alpha value is -2.96. The summed E-state index contributed by atoms with van der Waals surface area (Å²) in [6.45, 7) is 2.35. The Morgan fingerprint density at radius 1 is 1.06 bits per heavy atom. The number of carbonyl (C=O) groups is 2. The van der Waals surface area contributed by atoms with Crippen molar-refractivity contribution in [3.05, 3.63) is 99.5 Å². The molecule has 1 unspecified atom stereocenters. The molecule has 0 spiro atoms. The largest absolute Gasteiger partial charge is 0.351 e. The predicted octanol–water partition coefficient (Wildman–Crippen LogP) is 5.86. The molecule has 0 saturated carbocycles. The maximum absolute atomic E-state index is 13.3. The minimum atomic E-state index is -0.557. The molecule has 156 valence electrons. The van der Waals surface area contributed by atoms with E-state index in [1.807, 2.05) is 49.4 Å². The summed E-state index contributed by atoms with van der Waals surface area (Å²) < 4.78 is 0.857. The zero-order valence-corrected chi connectivity index (χ0v) is 19.0. The summed E-state index contributed by atoms with van der Waals surface area (Å²) in [7, 11) is 0. The molecule has 7 heteroatoms. The monoisotopic (exact) mass is 495 g/mol. The first-order valence-electron chi connectivity index (χ1n) is 9.64. The Labute approximate surface area is 194 Å². The maximum atomic E-state index is 13.3. The molecule has 31 heavy (non-hydrogen) atoms. The van der Waals surface area contributed by atoms with Crippen LogP contribution in [-0.2, 0) is 10.2 Å². The summed E-state index contributed by atoms with van der Waals surface area (Å²) in [5.74, 6) is 0. The van der Waals surface area contributed by atoms with E-state index in [0.717, 1.165) is 26.2 Å². The zero-order chi connectivity index (χ0) is 22.0. The second kappa shape index (κ2) is 8.65. The van der Waals surface area contributed by atoms with Crippen molar-refractivity contribution in [2.24, 2.45) is 5.10 Å². The van der Waals surface area contributed by atoms with Gasteiger partial charge in [0.05, 0.1) is 23.4 Å². The highest BCUT2D eigenvalue weighted by Gasteiger charge is 2.43. The third kappa shape index (κ3) is 4.13. The lowest BCUT2D eigenvalue weighted by Crippen LogP contribution is -2.43. The molecular weight excluding hydrogens is 478 g/mol. The molecule has 0 radical (unpaired) electrons. The van der Waals surface area contributed by atoms with Crippen LogP contribution < -0.4 is 4.90 Å². The van der Waals surface area contributed by atoms with Gasteiger partial charge < -0.3 is 0 Å². The van der Waals surface area contributed by atoms with Gasteiger partial charge in [-0.15, -0.1) is 0 Å². The van der Waals surface area contributed by atoms with Crippen LogP contribution in [0.2, 0.25) is 5.02 Å². The maximum Gasteiger partial charge on any atom is 0.351 e. The van der Waals surface area contributed by atoms with Gasteiger partial charge in [0.25, 0.3) is 0 Å². The summed E-state index contributed by atoms with van der Waals surface area (Å²) in [6, 6.07) is 23.7. The van der Waals surface area contributed by atoms with E-state index in [0.29, 0.717) is 23.7 Å². The quantitative estimate of drug-likeness (QED) is 0.425. The summed E-state index contributed by atoms with van der Waals surface area (Å²) in [5, 5.41) is 6.66. The molecule has 5 nitrogen and oxygen atoms in total. The Kier molecular flexibility index (Phi) is 5.94. The van der Waals surface area contributed by atoms with Crippen molar-refractivity contribution in [1.29, 1.82) is 0 Å². The van der Waals surface area contributed by atoms with Gasteiger partial charge in [-0.2, -0.15) is 5.10 Å². The molecule has 3 amide bonds. The highest BCUT2D eigenvalue weighted by molar-refractivity contribution is 9.10. The lowest BCUT2D eigenvalue weighted by atomic mass is 9.76. The van der Waals surface area contributed by atoms with E-state index in [2.05, 4.69) is 21.0 Å². The molecule has 4 rings (SSSR count). The molecule has 0 fully saturated rings. The number of rotatable bonds is 4. The number of hydrogen-bond donors (Lipinski definition) is 0. The molecule has 0 aliphatic carbocycles. The van der Waals surface area contributed by atoms with E-state index < -0.39 is 11.4 Å². The third-order valence-electron chi connectivity index (χ3n) is 5.38. The van der Waals surface area contributed by atoms with Gasteiger partial charge in [0.2, 0.25) is 6.41 Å². The molecular formula is C24H19BrClN3O2. The van der Waals surface area contributed by atoms with Crippen LogP contribution in [0, 0.1) is 0 Å². The van der Waals surface area contributed by atoms with Gasteiger partial charge in [-0.3, -0.25) is 4.79 Å². The number of amides is 3. The number of imide groups is 1. The highest BCUT2D eigenvalue weighted by atomic mass is 79.9. The lowest BCUT2D eigenvalue weighted by molar-refractivity contribution is -0.107. The normalized spacial score (nSPS) is 17.9. The number of nitrogens with zero attached hydrogens (tertiary/aromatic N) is 3. The van der Waals surface area contributed by atoms with Crippen LogP contribution in [0.1, 0.15) is 18.1 Å². The van der Waals surface area contributed by atoms with Crippen LogP contribution in [0.5, 0.6) is 0 Å². The molecule has 0 saturated heterocycles. The van der Waals surface area contributed by atoms with Gasteiger partial charge in [0.15, 0.2) is 0 Å². The van der Waals surface area contributed by atoms with Gasteiger partial charge >= 0.3 is 6.03 Å². The van der Waals surface area contributed by atoms with E-state index in [4.69, 9.17) is 11.6 Å². The number of carbonyl (C=O) groups excluding carboxylic acids is 2. The average molecular weight is 497 g/mol. The number of halogens is 2. The van der Waals surface area contributed by atoms with Crippen LogP contribution in [-0.4, -0.2) is 29.7 Å². The number of benzene rings is 3. The molecule has 3 aromatic rings. The smallest absolute Gasteiger partial charge is 0.278 e. The van der Waals surface area contributed by atoms with Gasteiger partial charge in [-0.05, 0) is 54.4 Å². The lowest BCUT2D eigenvalue weighted by Gasteiger charge is -2.28. The number of urea groups is 1. The van der Waals surface area contributed by atoms with Gasteiger partial charge in [-0.25, -0.2) is 14.7 Å². The molecule has 0 N–H and O–H groups in total. The van der Waals surface area contributed by atoms with E-state index in [9.17, 15) is 9.59 Å². The first-order chi connectivity index (χ1) is 14.9. The van der Waals surface area contributed by atoms with E-state index in [-0.39, 0.29) is 0 Å². The first-order valence-corrected chi connectivity index (χ1v) is 10.8. The van der Waals surface area contributed by atoms with Crippen LogP contribution in [0.4, 0.5) is 10.5 Å². The summed E-state index contributed by atoms with van der Waals surface area (Å²) >= 11 is 9.44. The van der Waals surface area contributed by atoms with E-state index in [1.54, 1.807) is 36.4 Å². The number of hydrogen-bond acceptors (Lipinski definition) is 3. The summed E-state index contributed by atoms with van der Waals surface area (Å²) in [5.41, 5.74) is 2.55. The fraction of sp³-hybridized carbons (Fsp3) is 0.125. The minimum absolute atomic E-state index is 0.300. The van der Waals surface area contributed by atoms with Crippen LogP contribution in [0.25, 0.3) is 0 Å².